The number of hydrogen-bond acceptors (Lipinski definition) is 3. The molecule has 1 heterocycles. The fraction of sp³-hybridized carbons (Fsp3) is 0.333. The average molecular weight is 329 g/mol. The zero-order valence-electron chi connectivity index (χ0n) is 14.0. The first-order chi connectivity index (χ1) is 10.9. The third kappa shape index (κ3) is 5.53. The summed E-state index contributed by atoms with van der Waals surface area (Å²) in [6.07, 6.45) is 1.80. The third-order valence-corrected chi connectivity index (χ3v) is 3.73. The quantitative estimate of drug-likeness (QED) is 0.818. The maximum Gasteiger partial charge on any atom is 0.172 e. The lowest BCUT2D eigenvalue weighted by atomic mass is 10.1. The molecule has 0 amide bonds. The van der Waals surface area contributed by atoms with Gasteiger partial charge in [0.2, 0.25) is 0 Å². The number of nitrogens with zero attached hydrogens (tertiary/aromatic N) is 1. The summed E-state index contributed by atoms with van der Waals surface area (Å²) in [6, 6.07) is 10.1. The van der Waals surface area contributed by atoms with Crippen LogP contribution in [0.25, 0.3) is 0 Å². The highest BCUT2D eigenvalue weighted by Crippen LogP contribution is 2.16. The number of hydrogen-bond donors (Lipinski definition) is 2. The molecule has 0 bridgehead atoms. The molecule has 1 aromatic heterocycles. The molecular weight excluding hydrogens is 306 g/mol. The Hall–Kier alpha value is -2.14. The number of ether oxygens (including phenoxy) is 1. The Morgan fingerprint density at radius 2 is 1.96 bits per heavy atom. The van der Waals surface area contributed by atoms with Gasteiger partial charge in [0, 0.05) is 6.20 Å². The van der Waals surface area contributed by atoms with Crippen LogP contribution in [0, 0.1) is 20.8 Å². The molecule has 0 aliphatic carbocycles. The second kappa shape index (κ2) is 7.92. The summed E-state index contributed by atoms with van der Waals surface area (Å²) in [4.78, 5) is 4.27. The van der Waals surface area contributed by atoms with Gasteiger partial charge in [-0.05, 0) is 74.8 Å². The lowest BCUT2D eigenvalue weighted by molar-refractivity contribution is 0.287. The van der Waals surface area contributed by atoms with Crippen LogP contribution in [-0.4, -0.2) is 22.7 Å². The van der Waals surface area contributed by atoms with E-state index in [9.17, 15) is 0 Å². The zero-order chi connectivity index (χ0) is 16.8. The highest BCUT2D eigenvalue weighted by molar-refractivity contribution is 7.80. The number of aryl methyl sites for hydroxylation is 3. The number of benzene rings is 1. The van der Waals surface area contributed by atoms with Crippen LogP contribution in [0.1, 0.15) is 23.6 Å². The molecule has 1 aromatic carbocycles. The Morgan fingerprint density at radius 3 is 2.61 bits per heavy atom. The van der Waals surface area contributed by atoms with Gasteiger partial charge in [-0.15, -0.1) is 0 Å². The van der Waals surface area contributed by atoms with Crippen LogP contribution in [0.3, 0.4) is 0 Å². The van der Waals surface area contributed by atoms with Crippen molar-refractivity contribution in [1.29, 1.82) is 0 Å². The van der Waals surface area contributed by atoms with Crippen molar-refractivity contribution in [2.45, 2.75) is 33.7 Å². The molecule has 2 rings (SSSR count). The van der Waals surface area contributed by atoms with Gasteiger partial charge in [0.15, 0.2) is 5.11 Å². The molecule has 4 nitrogen and oxygen atoms in total. The van der Waals surface area contributed by atoms with Crippen LogP contribution in [-0.2, 0) is 0 Å². The van der Waals surface area contributed by atoms with E-state index in [1.54, 1.807) is 6.20 Å². The van der Waals surface area contributed by atoms with Gasteiger partial charge in [-0.2, -0.15) is 0 Å². The maximum atomic E-state index is 5.80. The fourth-order valence-corrected chi connectivity index (χ4v) is 2.29. The minimum absolute atomic E-state index is 0.0852. The van der Waals surface area contributed by atoms with E-state index in [0.717, 1.165) is 17.1 Å². The molecule has 0 aliphatic rings. The summed E-state index contributed by atoms with van der Waals surface area (Å²) >= 11 is 5.30. The molecule has 1 atom stereocenters. The van der Waals surface area contributed by atoms with Crippen molar-refractivity contribution in [3.8, 4) is 5.75 Å². The van der Waals surface area contributed by atoms with E-state index in [-0.39, 0.29) is 6.04 Å². The van der Waals surface area contributed by atoms with Crippen LogP contribution in [0.2, 0.25) is 0 Å². The Bertz CT molecular complexity index is 670. The highest BCUT2D eigenvalue weighted by atomic mass is 32.1. The molecule has 0 radical (unpaired) electrons. The number of thiocarbonyl (C=S) groups is 1. The maximum absolute atomic E-state index is 5.80. The van der Waals surface area contributed by atoms with E-state index in [4.69, 9.17) is 17.0 Å². The number of pyridine rings is 1. The van der Waals surface area contributed by atoms with E-state index < -0.39 is 0 Å². The second-order valence-electron chi connectivity index (χ2n) is 5.78. The molecule has 2 aromatic rings. The Balaban J connectivity index is 1.79. The molecule has 0 fully saturated rings. The summed E-state index contributed by atoms with van der Waals surface area (Å²) in [7, 11) is 0. The Morgan fingerprint density at radius 1 is 1.17 bits per heavy atom. The minimum Gasteiger partial charge on any atom is -0.491 e. The summed E-state index contributed by atoms with van der Waals surface area (Å²) in [5.74, 6) is 1.61. The van der Waals surface area contributed by atoms with E-state index in [0.29, 0.717) is 11.7 Å². The van der Waals surface area contributed by atoms with Gasteiger partial charge in [-0.3, -0.25) is 0 Å². The van der Waals surface area contributed by atoms with Crippen LogP contribution in [0.5, 0.6) is 5.75 Å². The lowest BCUT2D eigenvalue weighted by Crippen LogP contribution is -2.39. The first-order valence-corrected chi connectivity index (χ1v) is 8.05. The largest absolute Gasteiger partial charge is 0.491 e. The van der Waals surface area contributed by atoms with Crippen LogP contribution < -0.4 is 15.4 Å². The molecule has 0 spiro atoms. The molecule has 5 heteroatoms. The standard InChI is InChI=1S/C18H23N3OS/c1-12-5-8-17(19-10-12)21-18(23)20-15(4)11-22-16-7-6-13(2)14(3)9-16/h5-10,15H,11H2,1-4H3,(H2,19,20,21,23). The number of aromatic nitrogens is 1. The molecule has 122 valence electrons. The molecular formula is C18H23N3OS. The smallest absolute Gasteiger partial charge is 0.172 e. The molecule has 23 heavy (non-hydrogen) atoms. The zero-order valence-corrected chi connectivity index (χ0v) is 14.8. The third-order valence-electron chi connectivity index (χ3n) is 3.51. The normalized spacial score (nSPS) is 11.7. The number of nitrogens with one attached hydrogen (secondary N) is 2. The summed E-state index contributed by atoms with van der Waals surface area (Å²) in [5.41, 5.74) is 3.61. The SMILES string of the molecule is Cc1ccc(NC(=S)NC(C)COc2ccc(C)c(C)c2)nc1. The van der Waals surface area contributed by atoms with Crippen molar-refractivity contribution in [1.82, 2.24) is 10.3 Å². The highest BCUT2D eigenvalue weighted by Gasteiger charge is 2.06. The summed E-state index contributed by atoms with van der Waals surface area (Å²) < 4.78 is 5.80. The molecule has 0 saturated carbocycles. The van der Waals surface area contributed by atoms with E-state index >= 15 is 0 Å². The summed E-state index contributed by atoms with van der Waals surface area (Å²) in [6.45, 7) is 8.73. The monoisotopic (exact) mass is 329 g/mol. The second-order valence-corrected chi connectivity index (χ2v) is 6.19. The minimum atomic E-state index is 0.0852. The average Bonchev–Trinajstić information content (AvgIpc) is 2.51. The first-order valence-electron chi connectivity index (χ1n) is 7.64. The van der Waals surface area contributed by atoms with Crippen molar-refractivity contribution in [3.05, 3.63) is 53.2 Å². The van der Waals surface area contributed by atoms with Gasteiger partial charge in [0.25, 0.3) is 0 Å². The topological polar surface area (TPSA) is 46.2 Å². The number of rotatable bonds is 5. The van der Waals surface area contributed by atoms with Gasteiger partial charge in [-0.25, -0.2) is 4.98 Å². The van der Waals surface area contributed by atoms with Crippen molar-refractivity contribution < 1.29 is 4.74 Å². The van der Waals surface area contributed by atoms with Crippen molar-refractivity contribution in [3.63, 3.8) is 0 Å². The van der Waals surface area contributed by atoms with Crippen molar-refractivity contribution in [2.75, 3.05) is 11.9 Å². The first kappa shape index (κ1) is 17.2. The molecule has 1 unspecified atom stereocenters. The Labute approximate surface area is 143 Å². The summed E-state index contributed by atoms with van der Waals surface area (Å²) in [5, 5.41) is 6.80. The predicted molar refractivity (Wildman–Crippen MR) is 99.2 cm³/mol. The van der Waals surface area contributed by atoms with Crippen LogP contribution >= 0.6 is 12.2 Å². The van der Waals surface area contributed by atoms with Gasteiger partial charge in [0.1, 0.15) is 18.2 Å². The van der Waals surface area contributed by atoms with E-state index in [2.05, 4.69) is 41.6 Å². The lowest BCUT2D eigenvalue weighted by Gasteiger charge is -2.17. The van der Waals surface area contributed by atoms with Gasteiger partial charge in [-0.1, -0.05) is 12.1 Å². The van der Waals surface area contributed by atoms with Crippen LogP contribution in [0.4, 0.5) is 5.82 Å². The van der Waals surface area contributed by atoms with Crippen molar-refractivity contribution in [2.24, 2.45) is 0 Å². The Kier molecular flexibility index (Phi) is 5.93. The van der Waals surface area contributed by atoms with E-state index in [1.165, 1.54) is 11.1 Å². The van der Waals surface area contributed by atoms with Crippen LogP contribution in [0.15, 0.2) is 36.5 Å². The molecule has 0 aliphatic heterocycles. The predicted octanol–water partition coefficient (Wildman–Crippen LogP) is 3.76. The number of anilines is 1. The fourth-order valence-electron chi connectivity index (χ4n) is 1.98. The molecule has 2 N–H and O–H groups in total. The van der Waals surface area contributed by atoms with Crippen molar-refractivity contribution >= 4 is 23.1 Å². The van der Waals surface area contributed by atoms with Gasteiger partial charge in [0.05, 0.1) is 6.04 Å². The van der Waals surface area contributed by atoms with Gasteiger partial charge < -0.3 is 15.4 Å². The van der Waals surface area contributed by atoms with E-state index in [1.807, 2.05) is 32.0 Å². The molecule has 0 saturated heterocycles. The van der Waals surface area contributed by atoms with Gasteiger partial charge >= 0.3 is 0 Å².